The molecule has 1 heteroatoms. The Kier molecular flexibility index (Phi) is 22.2. The number of allylic oxidation sites excluding steroid dienone is 1. The summed E-state index contributed by atoms with van der Waals surface area (Å²) < 4.78 is 0. The van der Waals surface area contributed by atoms with E-state index in [0.717, 1.165) is 23.4 Å². The monoisotopic (exact) mass is 261 g/mol. The molecular formula is C18H31N. The van der Waals surface area contributed by atoms with Crippen molar-refractivity contribution in [3.8, 4) is 0 Å². The molecule has 108 valence electrons. The second kappa shape index (κ2) is 18.7. The van der Waals surface area contributed by atoms with E-state index in [0.29, 0.717) is 0 Å². The first-order valence-electron chi connectivity index (χ1n) is 7.03. The van der Waals surface area contributed by atoms with Crippen molar-refractivity contribution in [2.24, 2.45) is 0 Å². The molecule has 1 rings (SSSR count). The summed E-state index contributed by atoms with van der Waals surface area (Å²) in [5, 5.41) is 0. The van der Waals surface area contributed by atoms with Gasteiger partial charge in [0.2, 0.25) is 0 Å². The van der Waals surface area contributed by atoms with Crippen LogP contribution in [0.2, 0.25) is 0 Å². The summed E-state index contributed by atoms with van der Waals surface area (Å²) in [6.45, 7) is 22.9. The first-order chi connectivity index (χ1) is 9.19. The standard InChI is InChI=1S/C10H11N.C4H8.2C2H6/c1-4-9-7-6-8(3)11-10(9)5-2;1-3-4-2;2*1-2/h4-7H,1-2H2,3H3;3H,1,4H2,2H3;2*1-2H3. The second-order valence-corrected chi connectivity index (χ2v) is 3.03. The van der Waals surface area contributed by atoms with Crippen molar-refractivity contribution in [1.29, 1.82) is 0 Å². The lowest BCUT2D eigenvalue weighted by Crippen LogP contribution is -1.88. The molecule has 0 unspecified atom stereocenters. The van der Waals surface area contributed by atoms with E-state index in [-0.39, 0.29) is 0 Å². The number of aromatic nitrogens is 1. The Morgan fingerprint density at radius 1 is 1.00 bits per heavy atom. The molecule has 1 aromatic heterocycles. The van der Waals surface area contributed by atoms with Crippen LogP contribution in [0.5, 0.6) is 0 Å². The zero-order valence-corrected chi connectivity index (χ0v) is 13.7. The fraction of sp³-hybridized carbons (Fsp3) is 0.389. The van der Waals surface area contributed by atoms with Gasteiger partial charge in [-0.05, 0) is 31.1 Å². The van der Waals surface area contributed by atoms with Crippen LogP contribution < -0.4 is 0 Å². The van der Waals surface area contributed by atoms with E-state index in [1.54, 1.807) is 12.2 Å². The Bertz CT molecular complexity index is 338. The topological polar surface area (TPSA) is 12.9 Å². The average molecular weight is 261 g/mol. The number of nitrogens with zero attached hydrogens (tertiary/aromatic N) is 1. The first kappa shape index (κ1) is 22.5. The van der Waals surface area contributed by atoms with Gasteiger partial charge in [0.1, 0.15) is 0 Å². The summed E-state index contributed by atoms with van der Waals surface area (Å²) in [5.74, 6) is 0. The maximum atomic E-state index is 4.27. The van der Waals surface area contributed by atoms with Gasteiger partial charge in [-0.1, -0.05) is 66.0 Å². The zero-order valence-electron chi connectivity index (χ0n) is 13.7. The number of aryl methyl sites for hydroxylation is 1. The maximum Gasteiger partial charge on any atom is 0.0699 e. The van der Waals surface area contributed by atoms with Crippen molar-refractivity contribution >= 4 is 12.2 Å². The van der Waals surface area contributed by atoms with Gasteiger partial charge in [-0.3, -0.25) is 4.98 Å². The highest BCUT2D eigenvalue weighted by Gasteiger charge is 1.95. The molecule has 0 saturated carbocycles. The predicted octanol–water partition coefficient (Wildman–Crippen LogP) is 6.31. The van der Waals surface area contributed by atoms with Crippen molar-refractivity contribution in [3.05, 3.63) is 54.9 Å². The quantitative estimate of drug-likeness (QED) is 0.581. The molecule has 0 spiro atoms. The molecule has 0 saturated heterocycles. The molecule has 19 heavy (non-hydrogen) atoms. The van der Waals surface area contributed by atoms with E-state index < -0.39 is 0 Å². The average Bonchev–Trinajstić information content (AvgIpc) is 2.51. The minimum Gasteiger partial charge on any atom is -0.253 e. The van der Waals surface area contributed by atoms with Gasteiger partial charge < -0.3 is 0 Å². The Hall–Kier alpha value is -1.63. The first-order valence-corrected chi connectivity index (χ1v) is 7.03. The lowest BCUT2D eigenvalue weighted by atomic mass is 10.2. The SMILES string of the molecule is C=CCC.C=Cc1ccc(C)nc1C=C.CC.CC. The van der Waals surface area contributed by atoms with Crippen molar-refractivity contribution in [2.75, 3.05) is 0 Å². The molecule has 0 aliphatic carbocycles. The summed E-state index contributed by atoms with van der Waals surface area (Å²) in [6.07, 6.45) is 6.48. The molecule has 1 aromatic rings. The van der Waals surface area contributed by atoms with Crippen LogP contribution in [0.25, 0.3) is 12.2 Å². The number of hydrogen-bond donors (Lipinski definition) is 0. The maximum absolute atomic E-state index is 4.27. The molecule has 0 bridgehead atoms. The van der Waals surface area contributed by atoms with Crippen LogP contribution in [-0.4, -0.2) is 4.98 Å². The van der Waals surface area contributed by atoms with Gasteiger partial charge in [-0.25, -0.2) is 0 Å². The Balaban J connectivity index is -0.000000271. The predicted molar refractivity (Wildman–Crippen MR) is 92.3 cm³/mol. The summed E-state index contributed by atoms with van der Waals surface area (Å²) in [5.41, 5.74) is 2.94. The molecule has 0 amide bonds. The third kappa shape index (κ3) is 12.6. The van der Waals surface area contributed by atoms with E-state index in [1.807, 2.05) is 52.8 Å². The van der Waals surface area contributed by atoms with Crippen LogP contribution in [-0.2, 0) is 0 Å². The van der Waals surface area contributed by atoms with E-state index >= 15 is 0 Å². The zero-order chi connectivity index (χ0) is 15.7. The molecule has 0 aromatic carbocycles. The minimum absolute atomic E-state index is 0.903. The van der Waals surface area contributed by atoms with Crippen LogP contribution in [0, 0.1) is 6.92 Å². The van der Waals surface area contributed by atoms with Gasteiger partial charge >= 0.3 is 0 Å². The van der Waals surface area contributed by atoms with Crippen LogP contribution in [0.4, 0.5) is 0 Å². The normalized spacial score (nSPS) is 7.26. The van der Waals surface area contributed by atoms with Gasteiger partial charge in [0.15, 0.2) is 0 Å². The largest absolute Gasteiger partial charge is 0.253 e. The number of pyridine rings is 1. The summed E-state index contributed by atoms with van der Waals surface area (Å²) >= 11 is 0. The highest BCUT2D eigenvalue weighted by atomic mass is 14.7. The van der Waals surface area contributed by atoms with Gasteiger partial charge in [0.25, 0.3) is 0 Å². The summed E-state index contributed by atoms with van der Waals surface area (Å²) in [7, 11) is 0. The van der Waals surface area contributed by atoms with Crippen molar-refractivity contribution in [1.82, 2.24) is 4.98 Å². The molecule has 0 aliphatic heterocycles. The van der Waals surface area contributed by atoms with Crippen molar-refractivity contribution < 1.29 is 0 Å². The van der Waals surface area contributed by atoms with Gasteiger partial charge in [-0.15, -0.1) is 6.58 Å². The van der Waals surface area contributed by atoms with Crippen molar-refractivity contribution in [3.63, 3.8) is 0 Å². The minimum atomic E-state index is 0.903. The van der Waals surface area contributed by atoms with Crippen LogP contribution in [0.3, 0.4) is 0 Å². The third-order valence-corrected chi connectivity index (χ3v) is 1.80. The Labute approximate surface area is 120 Å². The lowest BCUT2D eigenvalue weighted by Gasteiger charge is -1.99. The smallest absolute Gasteiger partial charge is 0.0699 e. The van der Waals surface area contributed by atoms with Gasteiger partial charge in [-0.2, -0.15) is 0 Å². The molecule has 0 aliphatic rings. The number of rotatable bonds is 3. The Morgan fingerprint density at radius 2 is 1.47 bits per heavy atom. The third-order valence-electron chi connectivity index (χ3n) is 1.80. The highest BCUT2D eigenvalue weighted by molar-refractivity contribution is 5.60. The van der Waals surface area contributed by atoms with Crippen LogP contribution in [0.15, 0.2) is 37.9 Å². The number of hydrogen-bond acceptors (Lipinski definition) is 1. The lowest BCUT2D eigenvalue weighted by molar-refractivity contribution is 1.17. The van der Waals surface area contributed by atoms with Gasteiger partial charge in [0, 0.05) is 5.69 Å². The molecule has 0 N–H and O–H groups in total. The van der Waals surface area contributed by atoms with Gasteiger partial charge in [0.05, 0.1) is 5.69 Å². The van der Waals surface area contributed by atoms with E-state index in [4.69, 9.17) is 0 Å². The molecule has 0 fully saturated rings. The molecule has 1 nitrogen and oxygen atoms in total. The van der Waals surface area contributed by atoms with E-state index in [2.05, 4.69) is 31.6 Å². The molecule has 0 atom stereocenters. The Morgan fingerprint density at radius 3 is 1.79 bits per heavy atom. The fourth-order valence-corrected chi connectivity index (χ4v) is 0.924. The van der Waals surface area contributed by atoms with E-state index in [1.165, 1.54) is 0 Å². The van der Waals surface area contributed by atoms with Crippen molar-refractivity contribution in [2.45, 2.75) is 48.0 Å². The van der Waals surface area contributed by atoms with E-state index in [9.17, 15) is 0 Å². The second-order valence-electron chi connectivity index (χ2n) is 3.03. The fourth-order valence-electron chi connectivity index (χ4n) is 0.924. The molecular weight excluding hydrogens is 230 g/mol. The summed E-state index contributed by atoms with van der Waals surface area (Å²) in [6, 6.07) is 3.95. The summed E-state index contributed by atoms with van der Waals surface area (Å²) in [4.78, 5) is 4.27. The molecule has 1 heterocycles. The molecule has 0 radical (unpaired) electrons. The highest BCUT2D eigenvalue weighted by Crippen LogP contribution is 2.09. The van der Waals surface area contributed by atoms with Crippen LogP contribution in [0.1, 0.15) is 58.0 Å². The van der Waals surface area contributed by atoms with Crippen LogP contribution >= 0.6 is 0 Å².